The van der Waals surface area contributed by atoms with Gasteiger partial charge in [0.1, 0.15) is 11.6 Å². The molecule has 2 atom stereocenters. The first-order valence-electron chi connectivity index (χ1n) is 6.39. The van der Waals surface area contributed by atoms with Crippen molar-refractivity contribution in [2.75, 3.05) is 19.4 Å². The zero-order valence-electron chi connectivity index (χ0n) is 10.9. The Labute approximate surface area is 112 Å². The van der Waals surface area contributed by atoms with Crippen LogP contribution >= 0.6 is 11.8 Å². The highest BCUT2D eigenvalue weighted by Crippen LogP contribution is 2.29. The number of benzene rings is 1. The smallest absolute Gasteiger partial charge is 0.131 e. The fourth-order valence-electron chi connectivity index (χ4n) is 2.33. The van der Waals surface area contributed by atoms with Crippen LogP contribution in [0.15, 0.2) is 18.2 Å². The van der Waals surface area contributed by atoms with Gasteiger partial charge in [-0.2, -0.15) is 11.8 Å². The van der Waals surface area contributed by atoms with Gasteiger partial charge in [-0.3, -0.25) is 0 Å². The molecule has 1 saturated heterocycles. The molecule has 2 unspecified atom stereocenters. The Morgan fingerprint density at radius 1 is 1.56 bits per heavy atom. The topological polar surface area (TPSA) is 21.3 Å². The maximum absolute atomic E-state index is 13.9. The van der Waals surface area contributed by atoms with Gasteiger partial charge < -0.3 is 10.1 Å². The van der Waals surface area contributed by atoms with Gasteiger partial charge in [0.05, 0.1) is 7.11 Å². The minimum absolute atomic E-state index is 0.0256. The van der Waals surface area contributed by atoms with E-state index in [0.29, 0.717) is 16.6 Å². The fraction of sp³-hybridized carbons (Fsp3) is 0.571. The molecule has 0 bridgehead atoms. The highest BCUT2D eigenvalue weighted by atomic mass is 32.2. The van der Waals surface area contributed by atoms with Crippen molar-refractivity contribution in [3.63, 3.8) is 0 Å². The van der Waals surface area contributed by atoms with Crippen molar-refractivity contribution in [2.45, 2.75) is 31.1 Å². The van der Waals surface area contributed by atoms with E-state index < -0.39 is 0 Å². The van der Waals surface area contributed by atoms with Crippen LogP contribution in [-0.4, -0.2) is 24.7 Å². The molecule has 1 aliphatic heterocycles. The van der Waals surface area contributed by atoms with E-state index in [-0.39, 0.29) is 11.9 Å². The summed E-state index contributed by atoms with van der Waals surface area (Å²) >= 11 is 2.01. The molecular formula is C14H20FNOS. The predicted octanol–water partition coefficient (Wildman–Crippen LogP) is 3.38. The Hall–Kier alpha value is -0.740. The molecule has 1 N–H and O–H groups in total. The van der Waals surface area contributed by atoms with Crippen LogP contribution in [0.3, 0.4) is 0 Å². The third-order valence-electron chi connectivity index (χ3n) is 3.34. The van der Waals surface area contributed by atoms with Gasteiger partial charge in [-0.1, -0.05) is 6.07 Å². The first kappa shape index (κ1) is 13.7. The van der Waals surface area contributed by atoms with Gasteiger partial charge in [0.15, 0.2) is 0 Å². The van der Waals surface area contributed by atoms with E-state index in [4.69, 9.17) is 4.74 Å². The van der Waals surface area contributed by atoms with Crippen molar-refractivity contribution < 1.29 is 9.13 Å². The third kappa shape index (κ3) is 3.18. The van der Waals surface area contributed by atoms with Crippen LogP contribution < -0.4 is 10.1 Å². The normalized spacial score (nSPS) is 20.9. The summed E-state index contributed by atoms with van der Waals surface area (Å²) in [6.07, 6.45) is 2.56. The van der Waals surface area contributed by atoms with E-state index in [2.05, 4.69) is 5.32 Å². The van der Waals surface area contributed by atoms with Crippen LogP contribution in [0.1, 0.15) is 31.4 Å². The molecule has 1 aromatic carbocycles. The second-order valence-corrected chi connectivity index (χ2v) is 6.03. The molecule has 0 saturated carbocycles. The molecular weight excluding hydrogens is 249 g/mol. The minimum atomic E-state index is -0.201. The molecule has 0 aliphatic carbocycles. The lowest BCUT2D eigenvalue weighted by Gasteiger charge is -2.19. The van der Waals surface area contributed by atoms with Gasteiger partial charge >= 0.3 is 0 Å². The standard InChI is InChI=1S/C14H20FNOS/c1-10(16-9-11-5-4-8-18-11)14-12(15)6-3-7-13(14)17-2/h3,6-7,10-11,16H,4-5,8-9H2,1-2H3. The average molecular weight is 269 g/mol. The van der Waals surface area contributed by atoms with Crippen LogP contribution in [0, 0.1) is 5.82 Å². The average Bonchev–Trinajstić information content (AvgIpc) is 2.88. The van der Waals surface area contributed by atoms with Gasteiger partial charge in [-0.15, -0.1) is 0 Å². The van der Waals surface area contributed by atoms with E-state index in [1.807, 2.05) is 18.7 Å². The van der Waals surface area contributed by atoms with Crippen molar-refractivity contribution in [2.24, 2.45) is 0 Å². The van der Waals surface area contributed by atoms with Crippen molar-refractivity contribution in [3.05, 3.63) is 29.6 Å². The van der Waals surface area contributed by atoms with Crippen molar-refractivity contribution in [1.29, 1.82) is 0 Å². The molecule has 0 aromatic heterocycles. The Bertz CT molecular complexity index is 393. The zero-order chi connectivity index (χ0) is 13.0. The predicted molar refractivity (Wildman–Crippen MR) is 74.8 cm³/mol. The zero-order valence-corrected chi connectivity index (χ0v) is 11.7. The van der Waals surface area contributed by atoms with Gasteiger partial charge in [-0.05, 0) is 37.7 Å². The highest BCUT2D eigenvalue weighted by molar-refractivity contribution is 8.00. The van der Waals surface area contributed by atoms with Gasteiger partial charge in [0.25, 0.3) is 0 Å². The Balaban J connectivity index is 2.01. The Morgan fingerprint density at radius 3 is 3.06 bits per heavy atom. The molecule has 1 aliphatic rings. The molecule has 1 fully saturated rings. The molecule has 18 heavy (non-hydrogen) atoms. The summed E-state index contributed by atoms with van der Waals surface area (Å²) in [7, 11) is 1.58. The molecule has 0 spiro atoms. The maximum atomic E-state index is 13.9. The second-order valence-electron chi connectivity index (χ2n) is 4.62. The van der Waals surface area contributed by atoms with Gasteiger partial charge in [0.2, 0.25) is 0 Å². The summed E-state index contributed by atoms with van der Waals surface area (Å²) in [5.74, 6) is 1.67. The van der Waals surface area contributed by atoms with Crippen molar-refractivity contribution in [3.8, 4) is 5.75 Å². The molecule has 2 rings (SSSR count). The molecule has 100 valence electrons. The van der Waals surface area contributed by atoms with Crippen LogP contribution in [-0.2, 0) is 0 Å². The lowest BCUT2D eigenvalue weighted by atomic mass is 10.1. The summed E-state index contributed by atoms with van der Waals surface area (Å²) < 4.78 is 19.1. The summed E-state index contributed by atoms with van der Waals surface area (Å²) in [6.45, 7) is 2.92. The summed E-state index contributed by atoms with van der Waals surface area (Å²) in [5, 5.41) is 4.09. The number of halogens is 1. The molecule has 4 heteroatoms. The lowest BCUT2D eigenvalue weighted by molar-refractivity contribution is 0.393. The summed E-state index contributed by atoms with van der Waals surface area (Å²) in [4.78, 5) is 0. The largest absolute Gasteiger partial charge is 0.496 e. The van der Waals surface area contributed by atoms with Crippen LogP contribution in [0.25, 0.3) is 0 Å². The van der Waals surface area contributed by atoms with Gasteiger partial charge in [0, 0.05) is 23.4 Å². The highest BCUT2D eigenvalue weighted by Gasteiger charge is 2.19. The summed E-state index contributed by atoms with van der Waals surface area (Å²) in [5.41, 5.74) is 0.628. The van der Waals surface area contributed by atoms with E-state index in [0.717, 1.165) is 6.54 Å². The minimum Gasteiger partial charge on any atom is -0.496 e. The van der Waals surface area contributed by atoms with E-state index in [1.165, 1.54) is 24.7 Å². The molecule has 1 aromatic rings. The number of nitrogens with one attached hydrogen (secondary N) is 1. The quantitative estimate of drug-likeness (QED) is 0.885. The molecule has 1 heterocycles. The lowest BCUT2D eigenvalue weighted by Crippen LogP contribution is -2.27. The number of hydrogen-bond donors (Lipinski definition) is 1. The number of hydrogen-bond acceptors (Lipinski definition) is 3. The van der Waals surface area contributed by atoms with E-state index >= 15 is 0 Å². The van der Waals surface area contributed by atoms with Crippen molar-refractivity contribution >= 4 is 11.8 Å². The van der Waals surface area contributed by atoms with E-state index in [1.54, 1.807) is 19.2 Å². The van der Waals surface area contributed by atoms with E-state index in [9.17, 15) is 4.39 Å². The first-order valence-corrected chi connectivity index (χ1v) is 7.44. The maximum Gasteiger partial charge on any atom is 0.131 e. The van der Waals surface area contributed by atoms with Gasteiger partial charge in [-0.25, -0.2) is 4.39 Å². The second kappa shape index (κ2) is 6.43. The fourth-order valence-corrected chi connectivity index (χ4v) is 3.55. The third-order valence-corrected chi connectivity index (χ3v) is 4.74. The molecule has 2 nitrogen and oxygen atoms in total. The van der Waals surface area contributed by atoms with Crippen LogP contribution in [0.5, 0.6) is 5.75 Å². The Kier molecular flexibility index (Phi) is 4.89. The van der Waals surface area contributed by atoms with Crippen LogP contribution in [0.2, 0.25) is 0 Å². The molecule has 0 amide bonds. The van der Waals surface area contributed by atoms with Crippen molar-refractivity contribution in [1.82, 2.24) is 5.32 Å². The molecule has 0 radical (unpaired) electrons. The first-order chi connectivity index (χ1) is 8.72. The number of methoxy groups -OCH3 is 1. The van der Waals surface area contributed by atoms with Crippen LogP contribution in [0.4, 0.5) is 4.39 Å². The Morgan fingerprint density at radius 2 is 2.39 bits per heavy atom. The number of ether oxygens (including phenoxy) is 1. The SMILES string of the molecule is COc1cccc(F)c1C(C)NCC1CCCS1. The number of thioether (sulfide) groups is 1. The summed E-state index contributed by atoms with van der Waals surface area (Å²) in [6, 6.07) is 4.95. The monoisotopic (exact) mass is 269 g/mol. The number of rotatable bonds is 5.